The molecule has 0 atom stereocenters. The highest BCUT2D eigenvalue weighted by Crippen LogP contribution is 2.21. The van der Waals surface area contributed by atoms with Crippen molar-refractivity contribution >= 4 is 16.5 Å². The van der Waals surface area contributed by atoms with Gasteiger partial charge in [-0.25, -0.2) is 4.98 Å². The molecule has 1 saturated heterocycles. The van der Waals surface area contributed by atoms with Crippen LogP contribution in [-0.4, -0.2) is 42.7 Å². The molecule has 4 nitrogen and oxygen atoms in total. The maximum absolute atomic E-state index is 5.39. The van der Waals surface area contributed by atoms with Gasteiger partial charge in [-0.2, -0.15) is 0 Å². The molecule has 1 aromatic heterocycles. The van der Waals surface area contributed by atoms with Gasteiger partial charge in [-0.3, -0.25) is 4.90 Å². The van der Waals surface area contributed by atoms with Crippen LogP contribution in [-0.2, 0) is 11.3 Å². The molecule has 0 unspecified atom stereocenters. The van der Waals surface area contributed by atoms with E-state index in [2.05, 4.69) is 29.2 Å². The van der Waals surface area contributed by atoms with E-state index in [4.69, 9.17) is 4.74 Å². The summed E-state index contributed by atoms with van der Waals surface area (Å²) in [6.07, 6.45) is 4.28. The Morgan fingerprint density at radius 3 is 3.00 bits per heavy atom. The first-order chi connectivity index (χ1) is 8.29. The summed E-state index contributed by atoms with van der Waals surface area (Å²) in [5, 5.41) is 4.28. The van der Waals surface area contributed by atoms with Crippen LogP contribution in [0.25, 0.3) is 0 Å². The van der Waals surface area contributed by atoms with Crippen molar-refractivity contribution in [3.63, 3.8) is 0 Å². The molecule has 0 radical (unpaired) electrons. The van der Waals surface area contributed by atoms with Crippen LogP contribution in [0.5, 0.6) is 0 Å². The highest BCUT2D eigenvalue weighted by atomic mass is 32.1. The summed E-state index contributed by atoms with van der Waals surface area (Å²) in [7, 11) is 2.20. The first-order valence-corrected chi connectivity index (χ1v) is 7.07. The topological polar surface area (TPSA) is 37.4 Å². The quantitative estimate of drug-likeness (QED) is 0.875. The second-order valence-corrected chi connectivity index (χ2v) is 5.54. The lowest BCUT2D eigenvalue weighted by molar-refractivity contribution is 0.0410. The van der Waals surface area contributed by atoms with Crippen LogP contribution in [0.1, 0.15) is 24.6 Å². The van der Waals surface area contributed by atoms with Crippen LogP contribution in [0.2, 0.25) is 0 Å². The SMILES string of the molecule is CCNc1ncc(CN(C)C2CCOCC2)s1. The molecule has 0 saturated carbocycles. The van der Waals surface area contributed by atoms with Crippen LogP contribution in [0.15, 0.2) is 6.20 Å². The molecule has 5 heteroatoms. The molecule has 17 heavy (non-hydrogen) atoms. The van der Waals surface area contributed by atoms with Crippen molar-refractivity contribution in [3.05, 3.63) is 11.1 Å². The zero-order valence-corrected chi connectivity index (χ0v) is 11.4. The second-order valence-electron chi connectivity index (χ2n) is 4.42. The van der Waals surface area contributed by atoms with Gasteiger partial charge in [0.05, 0.1) is 0 Å². The van der Waals surface area contributed by atoms with E-state index >= 15 is 0 Å². The molecule has 1 N–H and O–H groups in total. The van der Waals surface area contributed by atoms with Gasteiger partial charge in [0.1, 0.15) is 0 Å². The van der Waals surface area contributed by atoms with E-state index in [1.807, 2.05) is 6.20 Å². The number of rotatable bonds is 5. The minimum absolute atomic E-state index is 0.661. The normalized spacial score (nSPS) is 17.6. The van der Waals surface area contributed by atoms with Crippen molar-refractivity contribution < 1.29 is 4.74 Å². The predicted octanol–water partition coefficient (Wildman–Crippen LogP) is 2.19. The Kier molecular flexibility index (Phi) is 4.76. The monoisotopic (exact) mass is 255 g/mol. The van der Waals surface area contributed by atoms with Crippen molar-refractivity contribution in [1.29, 1.82) is 0 Å². The van der Waals surface area contributed by atoms with E-state index in [1.165, 1.54) is 4.88 Å². The van der Waals surface area contributed by atoms with Gasteiger partial charge in [-0.05, 0) is 26.8 Å². The van der Waals surface area contributed by atoms with E-state index < -0.39 is 0 Å². The number of ether oxygens (including phenoxy) is 1. The van der Waals surface area contributed by atoms with Crippen molar-refractivity contribution in [2.75, 3.05) is 32.1 Å². The molecule has 1 fully saturated rings. The zero-order valence-electron chi connectivity index (χ0n) is 10.6. The largest absolute Gasteiger partial charge is 0.381 e. The molecule has 2 heterocycles. The molecule has 1 aromatic rings. The highest BCUT2D eigenvalue weighted by molar-refractivity contribution is 7.15. The van der Waals surface area contributed by atoms with E-state index in [9.17, 15) is 0 Å². The van der Waals surface area contributed by atoms with Crippen LogP contribution in [0, 0.1) is 0 Å². The van der Waals surface area contributed by atoms with Crippen LogP contribution < -0.4 is 5.32 Å². The van der Waals surface area contributed by atoms with Gasteiger partial charge in [-0.1, -0.05) is 0 Å². The molecule has 96 valence electrons. The fraction of sp³-hybridized carbons (Fsp3) is 0.750. The lowest BCUT2D eigenvalue weighted by atomic mass is 10.1. The lowest BCUT2D eigenvalue weighted by Crippen LogP contribution is -2.35. The predicted molar refractivity (Wildman–Crippen MR) is 71.6 cm³/mol. The fourth-order valence-electron chi connectivity index (χ4n) is 2.11. The van der Waals surface area contributed by atoms with Gasteiger partial charge in [0.2, 0.25) is 0 Å². The summed E-state index contributed by atoms with van der Waals surface area (Å²) in [4.78, 5) is 8.11. The van der Waals surface area contributed by atoms with Crippen molar-refractivity contribution in [2.24, 2.45) is 0 Å². The third-order valence-corrected chi connectivity index (χ3v) is 4.04. The molecule has 0 aliphatic carbocycles. The van der Waals surface area contributed by atoms with Gasteiger partial charge < -0.3 is 10.1 Å². The number of nitrogens with one attached hydrogen (secondary N) is 1. The van der Waals surface area contributed by atoms with Crippen LogP contribution in [0.3, 0.4) is 0 Å². The number of hydrogen-bond donors (Lipinski definition) is 1. The smallest absolute Gasteiger partial charge is 0.182 e. The highest BCUT2D eigenvalue weighted by Gasteiger charge is 2.18. The van der Waals surface area contributed by atoms with Gasteiger partial charge in [0, 0.05) is 43.4 Å². The van der Waals surface area contributed by atoms with Crippen LogP contribution >= 0.6 is 11.3 Å². The number of aromatic nitrogens is 1. The van der Waals surface area contributed by atoms with Gasteiger partial charge in [-0.15, -0.1) is 11.3 Å². The minimum Gasteiger partial charge on any atom is -0.381 e. The number of hydrogen-bond acceptors (Lipinski definition) is 5. The van der Waals surface area contributed by atoms with Crippen molar-refractivity contribution in [3.8, 4) is 0 Å². The maximum atomic E-state index is 5.39. The first kappa shape index (κ1) is 12.8. The zero-order chi connectivity index (χ0) is 12.1. The van der Waals surface area contributed by atoms with Gasteiger partial charge in [0.15, 0.2) is 5.13 Å². The second kappa shape index (κ2) is 6.33. The molecule has 0 spiro atoms. The number of anilines is 1. The summed E-state index contributed by atoms with van der Waals surface area (Å²) in [6.45, 7) is 5.83. The molecular formula is C12H21N3OS. The lowest BCUT2D eigenvalue weighted by Gasteiger charge is -2.30. The van der Waals surface area contributed by atoms with E-state index in [0.717, 1.165) is 44.3 Å². The molecule has 0 bridgehead atoms. The summed E-state index contributed by atoms with van der Waals surface area (Å²) in [5.74, 6) is 0. The molecule has 0 aromatic carbocycles. The van der Waals surface area contributed by atoms with E-state index in [0.29, 0.717) is 6.04 Å². The van der Waals surface area contributed by atoms with Crippen LogP contribution in [0.4, 0.5) is 5.13 Å². The molecule has 1 aliphatic heterocycles. The molecular weight excluding hydrogens is 234 g/mol. The summed E-state index contributed by atoms with van der Waals surface area (Å²) >= 11 is 1.75. The molecule has 0 amide bonds. The Labute approximate surface area is 107 Å². The van der Waals surface area contributed by atoms with Gasteiger partial charge >= 0.3 is 0 Å². The average molecular weight is 255 g/mol. The van der Waals surface area contributed by atoms with Crippen molar-refractivity contribution in [2.45, 2.75) is 32.4 Å². The average Bonchev–Trinajstić information content (AvgIpc) is 2.78. The Bertz CT molecular complexity index is 336. The fourth-order valence-corrected chi connectivity index (χ4v) is 3.06. The minimum atomic E-state index is 0.661. The molecule has 2 rings (SSSR count). The standard InChI is InChI=1S/C12H21N3OS/c1-3-13-12-14-8-11(17-12)9-15(2)10-4-6-16-7-5-10/h8,10H,3-7,9H2,1-2H3,(H,13,14). The summed E-state index contributed by atoms with van der Waals surface area (Å²) in [5.41, 5.74) is 0. The maximum Gasteiger partial charge on any atom is 0.182 e. The first-order valence-electron chi connectivity index (χ1n) is 6.26. The van der Waals surface area contributed by atoms with Gasteiger partial charge in [0.25, 0.3) is 0 Å². The number of thiazole rings is 1. The van der Waals surface area contributed by atoms with Crippen molar-refractivity contribution in [1.82, 2.24) is 9.88 Å². The molecule has 1 aliphatic rings. The van der Waals surface area contributed by atoms with E-state index in [1.54, 1.807) is 11.3 Å². The Morgan fingerprint density at radius 2 is 2.29 bits per heavy atom. The Morgan fingerprint density at radius 1 is 1.53 bits per heavy atom. The third kappa shape index (κ3) is 3.66. The third-order valence-electron chi connectivity index (χ3n) is 3.10. The summed E-state index contributed by atoms with van der Waals surface area (Å²) in [6, 6.07) is 0.661. The Hall–Kier alpha value is -0.650. The van der Waals surface area contributed by atoms with E-state index in [-0.39, 0.29) is 0 Å². The Balaban J connectivity index is 1.85. The summed E-state index contributed by atoms with van der Waals surface area (Å²) < 4.78 is 5.39. The number of nitrogens with zero attached hydrogens (tertiary/aromatic N) is 2.